The van der Waals surface area contributed by atoms with E-state index in [0.717, 1.165) is 30.8 Å². The lowest BCUT2D eigenvalue weighted by Crippen LogP contribution is -2.35. The standard InChI is InChI=1S/C16H17NO3S2/c1-19-13-7-3-2-5-11(13)9-14-15(18)17(16(21)22-14)10-12-6-4-8-20-12/h2-3,5,7,9,12H,4,6,8,10H2,1H3/b14-9+. The summed E-state index contributed by atoms with van der Waals surface area (Å²) in [4.78, 5) is 14.8. The Morgan fingerprint density at radius 2 is 2.32 bits per heavy atom. The minimum atomic E-state index is -0.0450. The zero-order valence-corrected chi connectivity index (χ0v) is 13.9. The molecule has 0 aromatic heterocycles. The number of rotatable bonds is 4. The van der Waals surface area contributed by atoms with E-state index in [-0.39, 0.29) is 12.0 Å². The fourth-order valence-corrected chi connectivity index (χ4v) is 3.84. The second-order valence-corrected chi connectivity index (χ2v) is 6.85. The van der Waals surface area contributed by atoms with E-state index in [9.17, 15) is 4.79 Å². The number of carbonyl (C=O) groups excluding carboxylic acids is 1. The van der Waals surface area contributed by atoms with Gasteiger partial charge in [0.05, 0.1) is 24.7 Å². The van der Waals surface area contributed by atoms with Crippen molar-refractivity contribution >= 4 is 40.3 Å². The molecule has 1 unspecified atom stereocenters. The summed E-state index contributed by atoms with van der Waals surface area (Å²) in [5.74, 6) is 0.698. The number of hydrogen-bond acceptors (Lipinski definition) is 5. The van der Waals surface area contributed by atoms with E-state index in [4.69, 9.17) is 21.7 Å². The molecule has 4 nitrogen and oxygen atoms in total. The maximum atomic E-state index is 12.6. The van der Waals surface area contributed by atoms with Gasteiger partial charge in [-0.3, -0.25) is 9.69 Å². The summed E-state index contributed by atoms with van der Waals surface area (Å²) in [6.07, 6.45) is 3.99. The van der Waals surface area contributed by atoms with Crippen molar-refractivity contribution in [2.75, 3.05) is 20.3 Å². The van der Waals surface area contributed by atoms with Crippen molar-refractivity contribution in [3.05, 3.63) is 34.7 Å². The van der Waals surface area contributed by atoms with Crippen molar-refractivity contribution in [1.29, 1.82) is 0 Å². The number of methoxy groups -OCH3 is 1. The van der Waals surface area contributed by atoms with Crippen LogP contribution in [-0.2, 0) is 9.53 Å². The first-order valence-corrected chi connectivity index (χ1v) is 8.41. The number of ether oxygens (including phenoxy) is 2. The summed E-state index contributed by atoms with van der Waals surface area (Å²) >= 11 is 6.68. The second-order valence-electron chi connectivity index (χ2n) is 5.17. The third-order valence-corrected chi connectivity index (χ3v) is 5.09. The van der Waals surface area contributed by atoms with Crippen LogP contribution in [0.15, 0.2) is 29.2 Å². The highest BCUT2D eigenvalue weighted by atomic mass is 32.2. The Morgan fingerprint density at radius 3 is 3.05 bits per heavy atom. The molecule has 2 fully saturated rings. The SMILES string of the molecule is COc1ccccc1/C=C1/SC(=S)N(CC2CCCO2)C1=O. The van der Waals surface area contributed by atoms with Gasteiger partial charge in [0.25, 0.3) is 5.91 Å². The maximum absolute atomic E-state index is 12.6. The Labute approximate surface area is 139 Å². The largest absolute Gasteiger partial charge is 0.496 e. The van der Waals surface area contributed by atoms with E-state index in [2.05, 4.69) is 0 Å². The lowest BCUT2D eigenvalue weighted by Gasteiger charge is -2.18. The first kappa shape index (κ1) is 15.5. The van der Waals surface area contributed by atoms with E-state index >= 15 is 0 Å². The van der Waals surface area contributed by atoms with Crippen LogP contribution in [-0.4, -0.2) is 41.5 Å². The molecule has 0 aliphatic carbocycles. The van der Waals surface area contributed by atoms with Gasteiger partial charge in [-0.25, -0.2) is 0 Å². The van der Waals surface area contributed by atoms with Crippen LogP contribution in [0, 0.1) is 0 Å². The molecule has 22 heavy (non-hydrogen) atoms. The molecule has 1 aromatic carbocycles. The van der Waals surface area contributed by atoms with Gasteiger partial charge in [0, 0.05) is 12.2 Å². The van der Waals surface area contributed by atoms with E-state index in [1.54, 1.807) is 12.0 Å². The Hall–Kier alpha value is -1.37. The maximum Gasteiger partial charge on any atom is 0.266 e. The molecule has 6 heteroatoms. The van der Waals surface area contributed by atoms with Crippen molar-refractivity contribution in [3.63, 3.8) is 0 Å². The normalized spacial score (nSPS) is 23.6. The van der Waals surface area contributed by atoms with Crippen LogP contribution in [0.5, 0.6) is 5.75 Å². The fourth-order valence-electron chi connectivity index (χ4n) is 2.58. The third kappa shape index (κ3) is 3.19. The molecule has 0 bridgehead atoms. The highest BCUT2D eigenvalue weighted by molar-refractivity contribution is 8.26. The first-order valence-electron chi connectivity index (χ1n) is 7.19. The van der Waals surface area contributed by atoms with Gasteiger partial charge in [-0.1, -0.05) is 42.2 Å². The minimum absolute atomic E-state index is 0.0450. The van der Waals surface area contributed by atoms with E-state index in [0.29, 0.717) is 15.8 Å². The number of thiocarbonyl (C=S) groups is 1. The average Bonchev–Trinajstić information content (AvgIpc) is 3.12. The molecule has 2 heterocycles. The van der Waals surface area contributed by atoms with Crippen molar-refractivity contribution in [2.45, 2.75) is 18.9 Å². The zero-order chi connectivity index (χ0) is 15.5. The molecule has 1 amide bonds. The first-order chi connectivity index (χ1) is 10.7. The van der Waals surface area contributed by atoms with Gasteiger partial charge in [-0.15, -0.1) is 0 Å². The number of benzene rings is 1. The van der Waals surface area contributed by atoms with Gasteiger partial charge in [-0.05, 0) is 25.0 Å². The molecule has 0 spiro atoms. The summed E-state index contributed by atoms with van der Waals surface area (Å²) < 4.78 is 11.5. The molecule has 2 aliphatic rings. The number of hydrogen-bond donors (Lipinski definition) is 0. The molecular formula is C16H17NO3S2. The molecule has 116 valence electrons. The average molecular weight is 335 g/mol. The van der Waals surface area contributed by atoms with Crippen LogP contribution in [0.2, 0.25) is 0 Å². The molecule has 3 rings (SSSR count). The van der Waals surface area contributed by atoms with Crippen LogP contribution in [0.3, 0.4) is 0 Å². The number of carbonyl (C=O) groups is 1. The Morgan fingerprint density at radius 1 is 1.50 bits per heavy atom. The van der Waals surface area contributed by atoms with E-state index < -0.39 is 0 Å². The monoisotopic (exact) mass is 335 g/mol. The summed E-state index contributed by atoms with van der Waals surface area (Å²) in [7, 11) is 1.62. The van der Waals surface area contributed by atoms with E-state index in [1.807, 2.05) is 30.3 Å². The predicted molar refractivity (Wildman–Crippen MR) is 91.8 cm³/mol. The highest BCUT2D eigenvalue weighted by Gasteiger charge is 2.34. The Bertz CT molecular complexity index is 624. The van der Waals surface area contributed by atoms with Crippen LogP contribution >= 0.6 is 24.0 Å². The third-order valence-electron chi connectivity index (χ3n) is 3.71. The fraction of sp³-hybridized carbons (Fsp3) is 0.375. The minimum Gasteiger partial charge on any atom is -0.496 e. The molecule has 0 N–H and O–H groups in total. The van der Waals surface area contributed by atoms with Gasteiger partial charge in [0.15, 0.2) is 0 Å². The Balaban J connectivity index is 1.79. The van der Waals surface area contributed by atoms with Crippen LogP contribution in [0.4, 0.5) is 0 Å². The number of thioether (sulfide) groups is 1. The highest BCUT2D eigenvalue weighted by Crippen LogP contribution is 2.34. The van der Waals surface area contributed by atoms with Crippen molar-refractivity contribution in [3.8, 4) is 5.75 Å². The summed E-state index contributed by atoms with van der Waals surface area (Å²) in [6, 6.07) is 7.62. The van der Waals surface area contributed by atoms with Crippen molar-refractivity contribution < 1.29 is 14.3 Å². The molecule has 2 saturated heterocycles. The molecule has 1 atom stereocenters. The lowest BCUT2D eigenvalue weighted by molar-refractivity contribution is -0.123. The van der Waals surface area contributed by atoms with Gasteiger partial charge in [0.2, 0.25) is 0 Å². The molecule has 1 aromatic rings. The lowest BCUT2D eigenvalue weighted by atomic mass is 10.2. The topological polar surface area (TPSA) is 38.8 Å². The molecule has 2 aliphatic heterocycles. The number of para-hydroxylation sites is 1. The van der Waals surface area contributed by atoms with Gasteiger partial charge >= 0.3 is 0 Å². The van der Waals surface area contributed by atoms with Gasteiger partial charge in [0.1, 0.15) is 10.1 Å². The number of nitrogens with zero attached hydrogens (tertiary/aromatic N) is 1. The zero-order valence-electron chi connectivity index (χ0n) is 12.3. The van der Waals surface area contributed by atoms with Crippen molar-refractivity contribution in [1.82, 2.24) is 4.90 Å². The summed E-state index contributed by atoms with van der Waals surface area (Å²) in [5.41, 5.74) is 0.877. The number of amides is 1. The second kappa shape index (κ2) is 6.81. The van der Waals surface area contributed by atoms with Crippen LogP contribution in [0.25, 0.3) is 6.08 Å². The van der Waals surface area contributed by atoms with Gasteiger partial charge < -0.3 is 9.47 Å². The van der Waals surface area contributed by atoms with Crippen molar-refractivity contribution in [2.24, 2.45) is 0 Å². The molecular weight excluding hydrogens is 318 g/mol. The smallest absolute Gasteiger partial charge is 0.266 e. The molecule has 0 saturated carbocycles. The van der Waals surface area contributed by atoms with E-state index in [1.165, 1.54) is 11.8 Å². The van der Waals surface area contributed by atoms with Gasteiger partial charge in [-0.2, -0.15) is 0 Å². The summed E-state index contributed by atoms with van der Waals surface area (Å²) in [5, 5.41) is 0. The van der Waals surface area contributed by atoms with Crippen LogP contribution in [0.1, 0.15) is 18.4 Å². The Kier molecular flexibility index (Phi) is 4.81. The molecule has 0 radical (unpaired) electrons. The quantitative estimate of drug-likeness (QED) is 0.624. The van der Waals surface area contributed by atoms with Crippen LogP contribution < -0.4 is 4.74 Å². The summed E-state index contributed by atoms with van der Waals surface area (Å²) in [6.45, 7) is 1.32. The predicted octanol–water partition coefficient (Wildman–Crippen LogP) is 3.08.